The Hall–Kier alpha value is -2.53. The van der Waals surface area contributed by atoms with Gasteiger partial charge in [-0.05, 0) is 43.4 Å². The summed E-state index contributed by atoms with van der Waals surface area (Å²) in [5.41, 5.74) is 3.35. The Balaban J connectivity index is 1.76. The van der Waals surface area contributed by atoms with Gasteiger partial charge >= 0.3 is 0 Å². The summed E-state index contributed by atoms with van der Waals surface area (Å²) in [6.07, 6.45) is 1.72. The van der Waals surface area contributed by atoms with Crippen molar-refractivity contribution in [2.24, 2.45) is 0 Å². The van der Waals surface area contributed by atoms with Gasteiger partial charge < -0.3 is 20.3 Å². The first-order valence-electron chi connectivity index (χ1n) is 8.25. The van der Waals surface area contributed by atoms with Crippen LogP contribution < -0.4 is 20.3 Å². The van der Waals surface area contributed by atoms with E-state index in [1.807, 2.05) is 24.3 Å². The first-order chi connectivity index (χ1) is 12.1. The van der Waals surface area contributed by atoms with Crippen molar-refractivity contribution in [2.45, 2.75) is 6.92 Å². The largest absolute Gasteiger partial charge is 0.489 e. The van der Waals surface area contributed by atoms with Gasteiger partial charge in [0.15, 0.2) is 5.11 Å². The van der Waals surface area contributed by atoms with Gasteiger partial charge in [0.2, 0.25) is 0 Å². The van der Waals surface area contributed by atoms with Crippen molar-refractivity contribution in [2.75, 3.05) is 37.0 Å². The second-order valence-corrected chi connectivity index (χ2v) is 6.17. The molecule has 0 saturated carbocycles. The van der Waals surface area contributed by atoms with Crippen LogP contribution >= 0.6 is 12.2 Å². The summed E-state index contributed by atoms with van der Waals surface area (Å²) in [5, 5.41) is 7.00. The maximum absolute atomic E-state index is 5.52. The molecule has 25 heavy (non-hydrogen) atoms. The Labute approximate surface area is 155 Å². The Morgan fingerprint density at radius 3 is 2.72 bits per heavy atom. The predicted octanol–water partition coefficient (Wildman–Crippen LogP) is 3.98. The van der Waals surface area contributed by atoms with Crippen LogP contribution in [0.1, 0.15) is 5.56 Å². The van der Waals surface area contributed by atoms with Crippen LogP contribution in [0.4, 0.5) is 11.4 Å². The second-order valence-electron chi connectivity index (χ2n) is 5.77. The first-order valence-corrected chi connectivity index (χ1v) is 8.66. The smallest absolute Gasteiger partial charge is 0.170 e. The van der Waals surface area contributed by atoms with E-state index in [9.17, 15) is 0 Å². The Morgan fingerprint density at radius 2 is 2.00 bits per heavy atom. The molecule has 0 bridgehead atoms. The normalized spacial score (nSPS) is 10.0. The molecule has 0 aliphatic carbocycles. The van der Waals surface area contributed by atoms with Crippen LogP contribution in [-0.4, -0.2) is 31.9 Å². The van der Waals surface area contributed by atoms with Gasteiger partial charge in [-0.1, -0.05) is 36.4 Å². The van der Waals surface area contributed by atoms with E-state index in [0.29, 0.717) is 11.7 Å². The van der Waals surface area contributed by atoms with E-state index in [-0.39, 0.29) is 0 Å². The summed E-state index contributed by atoms with van der Waals surface area (Å²) >= 11 is 5.35. The van der Waals surface area contributed by atoms with E-state index < -0.39 is 0 Å². The topological polar surface area (TPSA) is 36.5 Å². The van der Waals surface area contributed by atoms with E-state index in [1.165, 1.54) is 11.3 Å². The molecule has 0 saturated heterocycles. The number of ether oxygens (including phenoxy) is 1. The molecule has 2 N–H and O–H groups in total. The molecule has 0 aliphatic rings. The molecule has 0 heterocycles. The van der Waals surface area contributed by atoms with Crippen molar-refractivity contribution in [1.29, 1.82) is 0 Å². The third-order valence-corrected chi connectivity index (χ3v) is 3.91. The number of nitrogens with one attached hydrogen (secondary N) is 2. The molecular weight excluding hydrogens is 330 g/mol. The molecule has 0 fully saturated rings. The van der Waals surface area contributed by atoms with Crippen LogP contribution in [0.15, 0.2) is 61.2 Å². The average molecular weight is 356 g/mol. The molecule has 5 heteroatoms. The number of rotatable bonds is 8. The monoisotopic (exact) mass is 355 g/mol. The minimum Gasteiger partial charge on any atom is -0.489 e. The summed E-state index contributed by atoms with van der Waals surface area (Å²) < 4.78 is 5.52. The zero-order valence-electron chi connectivity index (χ0n) is 14.8. The zero-order valence-corrected chi connectivity index (χ0v) is 15.6. The molecule has 0 atom stereocenters. The Kier molecular flexibility index (Phi) is 7.29. The van der Waals surface area contributed by atoms with Gasteiger partial charge in [0.1, 0.15) is 12.4 Å². The fraction of sp³-hybridized carbons (Fsp3) is 0.250. The summed E-state index contributed by atoms with van der Waals surface area (Å²) in [6.45, 7) is 7.83. The summed E-state index contributed by atoms with van der Waals surface area (Å²) in [5.74, 6) is 0.784. The molecule has 132 valence electrons. The van der Waals surface area contributed by atoms with Gasteiger partial charge in [0.25, 0.3) is 0 Å². The van der Waals surface area contributed by atoms with E-state index in [1.54, 1.807) is 6.08 Å². The number of nitrogens with zero attached hydrogens (tertiary/aromatic N) is 1. The molecule has 0 radical (unpaired) electrons. The lowest BCUT2D eigenvalue weighted by atomic mass is 10.2. The van der Waals surface area contributed by atoms with Gasteiger partial charge in [-0.25, -0.2) is 0 Å². The van der Waals surface area contributed by atoms with Crippen LogP contribution in [0.2, 0.25) is 0 Å². The number of likely N-dealkylation sites (N-methyl/N-ethyl adjacent to an activating group) is 1. The van der Waals surface area contributed by atoms with Gasteiger partial charge in [0, 0.05) is 37.6 Å². The molecule has 2 rings (SSSR count). The Morgan fingerprint density at radius 1 is 1.24 bits per heavy atom. The second kappa shape index (κ2) is 9.69. The van der Waals surface area contributed by atoms with E-state index in [0.717, 1.165) is 24.5 Å². The van der Waals surface area contributed by atoms with E-state index in [4.69, 9.17) is 17.0 Å². The lowest BCUT2D eigenvalue weighted by molar-refractivity contribution is 0.363. The van der Waals surface area contributed by atoms with Crippen LogP contribution in [0, 0.1) is 6.92 Å². The van der Waals surface area contributed by atoms with Crippen LogP contribution in [0.25, 0.3) is 0 Å². The van der Waals surface area contributed by atoms with Crippen molar-refractivity contribution < 1.29 is 4.74 Å². The van der Waals surface area contributed by atoms with Gasteiger partial charge in [-0.3, -0.25) is 0 Å². The standard InChI is InChI=1S/C20H25N3OS/c1-4-14-24-19-7-5-6-17(15-19)22-20(25)21-12-13-23(3)18-10-8-16(2)9-11-18/h4-11,15H,1,12-14H2,2-3H3,(H2,21,22,25). The van der Waals surface area contributed by atoms with Crippen LogP contribution in [0.3, 0.4) is 0 Å². The molecule has 0 aliphatic heterocycles. The lowest BCUT2D eigenvalue weighted by Gasteiger charge is -2.20. The maximum Gasteiger partial charge on any atom is 0.170 e. The number of benzene rings is 2. The van der Waals surface area contributed by atoms with Crippen LogP contribution in [-0.2, 0) is 0 Å². The fourth-order valence-electron chi connectivity index (χ4n) is 2.26. The van der Waals surface area contributed by atoms with Crippen molar-refractivity contribution in [3.8, 4) is 5.75 Å². The van der Waals surface area contributed by atoms with Crippen LogP contribution in [0.5, 0.6) is 5.75 Å². The van der Waals surface area contributed by atoms with Gasteiger partial charge in [-0.15, -0.1) is 0 Å². The Bertz CT molecular complexity index is 700. The highest BCUT2D eigenvalue weighted by atomic mass is 32.1. The van der Waals surface area contributed by atoms with Gasteiger partial charge in [0.05, 0.1) is 0 Å². The van der Waals surface area contributed by atoms with Crippen molar-refractivity contribution >= 4 is 28.7 Å². The number of aryl methyl sites for hydroxylation is 1. The fourth-order valence-corrected chi connectivity index (χ4v) is 2.48. The number of anilines is 2. The SMILES string of the molecule is C=CCOc1cccc(NC(=S)NCCN(C)c2ccc(C)cc2)c1. The zero-order chi connectivity index (χ0) is 18.1. The highest BCUT2D eigenvalue weighted by molar-refractivity contribution is 7.80. The predicted molar refractivity (Wildman–Crippen MR) is 111 cm³/mol. The molecule has 0 aromatic heterocycles. The maximum atomic E-state index is 5.52. The third kappa shape index (κ3) is 6.47. The molecular formula is C20H25N3OS. The summed E-state index contributed by atoms with van der Waals surface area (Å²) in [4.78, 5) is 2.19. The van der Waals surface area contributed by atoms with E-state index in [2.05, 4.69) is 60.3 Å². The number of hydrogen-bond donors (Lipinski definition) is 2. The highest BCUT2D eigenvalue weighted by Crippen LogP contribution is 2.17. The van der Waals surface area contributed by atoms with Crippen molar-refractivity contribution in [1.82, 2.24) is 5.32 Å². The average Bonchev–Trinajstić information content (AvgIpc) is 2.60. The number of hydrogen-bond acceptors (Lipinski definition) is 3. The minimum atomic E-state index is 0.484. The molecule has 0 unspecified atom stereocenters. The van der Waals surface area contributed by atoms with Gasteiger partial charge in [-0.2, -0.15) is 0 Å². The van der Waals surface area contributed by atoms with Crippen molar-refractivity contribution in [3.05, 3.63) is 66.7 Å². The molecule has 0 amide bonds. The van der Waals surface area contributed by atoms with Crippen molar-refractivity contribution in [3.63, 3.8) is 0 Å². The quantitative estimate of drug-likeness (QED) is 0.553. The molecule has 2 aromatic carbocycles. The molecule has 4 nitrogen and oxygen atoms in total. The third-order valence-electron chi connectivity index (χ3n) is 3.67. The summed E-state index contributed by atoms with van der Waals surface area (Å²) in [6, 6.07) is 16.2. The first kappa shape index (κ1) is 18.8. The number of thiocarbonyl (C=S) groups is 1. The highest BCUT2D eigenvalue weighted by Gasteiger charge is 2.02. The lowest BCUT2D eigenvalue weighted by Crippen LogP contribution is -2.35. The molecule has 2 aromatic rings. The molecule has 0 spiro atoms. The minimum absolute atomic E-state index is 0.484. The van der Waals surface area contributed by atoms with E-state index >= 15 is 0 Å². The summed E-state index contributed by atoms with van der Waals surface area (Å²) in [7, 11) is 2.07.